The Morgan fingerprint density at radius 1 is 1.24 bits per heavy atom. The number of hydrogen-bond acceptors (Lipinski definition) is 3. The van der Waals surface area contributed by atoms with Crippen LogP contribution in [0, 0.1) is 0 Å². The molecule has 2 aromatic rings. The van der Waals surface area contributed by atoms with E-state index in [0.717, 1.165) is 21.7 Å². The lowest BCUT2D eigenvalue weighted by Crippen LogP contribution is -2.02. The van der Waals surface area contributed by atoms with Crippen molar-refractivity contribution in [1.29, 1.82) is 0 Å². The first-order chi connectivity index (χ1) is 10.2. The highest BCUT2D eigenvalue weighted by Gasteiger charge is 2.13. The molecule has 0 saturated heterocycles. The molecule has 0 spiro atoms. The van der Waals surface area contributed by atoms with Gasteiger partial charge in [0.25, 0.3) is 0 Å². The molecule has 21 heavy (non-hydrogen) atoms. The van der Waals surface area contributed by atoms with E-state index >= 15 is 0 Å². The van der Waals surface area contributed by atoms with Crippen molar-refractivity contribution in [3.05, 3.63) is 70.3 Å². The lowest BCUT2D eigenvalue weighted by atomic mass is 10.1. The standard InChI is InChI=1S/C17H14ClNOS/c18-15-5-6-16-14(9-15)10-19-17(21-16)7-4-12-2-1-3-13(8-12)11-20/h1-10,17,20H,11H2. The molecule has 0 aromatic heterocycles. The summed E-state index contributed by atoms with van der Waals surface area (Å²) in [6.45, 7) is 0.0617. The van der Waals surface area contributed by atoms with E-state index in [1.807, 2.05) is 54.8 Å². The molecule has 2 nitrogen and oxygen atoms in total. The summed E-state index contributed by atoms with van der Waals surface area (Å²) in [6, 6.07) is 13.7. The summed E-state index contributed by atoms with van der Waals surface area (Å²) in [6.07, 6.45) is 5.97. The third-order valence-electron chi connectivity index (χ3n) is 3.17. The number of nitrogens with zero attached hydrogens (tertiary/aromatic N) is 1. The molecule has 0 bridgehead atoms. The minimum absolute atomic E-state index is 0.0617. The van der Waals surface area contributed by atoms with E-state index in [2.05, 4.69) is 11.1 Å². The van der Waals surface area contributed by atoms with Gasteiger partial charge in [-0.15, -0.1) is 0 Å². The number of thioether (sulfide) groups is 1. The lowest BCUT2D eigenvalue weighted by molar-refractivity contribution is 0.282. The van der Waals surface area contributed by atoms with Crippen LogP contribution in [0.3, 0.4) is 0 Å². The fourth-order valence-corrected chi connectivity index (χ4v) is 3.23. The zero-order valence-corrected chi connectivity index (χ0v) is 12.8. The average Bonchev–Trinajstić information content (AvgIpc) is 2.53. The van der Waals surface area contributed by atoms with Gasteiger partial charge in [-0.3, -0.25) is 4.99 Å². The summed E-state index contributed by atoms with van der Waals surface area (Å²) >= 11 is 7.68. The molecule has 0 saturated carbocycles. The molecule has 0 fully saturated rings. The molecule has 0 radical (unpaired) electrons. The number of benzene rings is 2. The van der Waals surface area contributed by atoms with Crippen molar-refractivity contribution in [3.63, 3.8) is 0 Å². The highest BCUT2D eigenvalue weighted by molar-refractivity contribution is 8.00. The molecular weight excluding hydrogens is 302 g/mol. The van der Waals surface area contributed by atoms with Crippen LogP contribution in [0.15, 0.2) is 58.4 Å². The molecule has 3 rings (SSSR count). The summed E-state index contributed by atoms with van der Waals surface area (Å²) < 4.78 is 0. The first kappa shape index (κ1) is 14.4. The molecule has 1 aliphatic rings. The normalized spacial score (nSPS) is 17.1. The van der Waals surface area contributed by atoms with Crippen molar-refractivity contribution in [2.24, 2.45) is 4.99 Å². The molecule has 0 aliphatic carbocycles. The van der Waals surface area contributed by atoms with Gasteiger partial charge in [0.2, 0.25) is 0 Å². The van der Waals surface area contributed by atoms with Gasteiger partial charge in [-0.25, -0.2) is 0 Å². The molecule has 1 heterocycles. The molecule has 1 unspecified atom stereocenters. The van der Waals surface area contributed by atoms with E-state index in [9.17, 15) is 0 Å². The molecule has 106 valence electrons. The van der Waals surface area contributed by atoms with Gasteiger partial charge < -0.3 is 5.11 Å². The van der Waals surface area contributed by atoms with Crippen molar-refractivity contribution in [2.75, 3.05) is 0 Å². The van der Waals surface area contributed by atoms with Crippen LogP contribution in [-0.2, 0) is 6.61 Å². The maximum Gasteiger partial charge on any atom is 0.118 e. The zero-order valence-electron chi connectivity index (χ0n) is 11.2. The number of rotatable bonds is 3. The summed E-state index contributed by atoms with van der Waals surface area (Å²) in [4.78, 5) is 5.70. The average molecular weight is 316 g/mol. The summed E-state index contributed by atoms with van der Waals surface area (Å²) in [7, 11) is 0. The Kier molecular flexibility index (Phi) is 4.44. The molecule has 2 aromatic carbocycles. The molecule has 1 aliphatic heterocycles. The van der Waals surface area contributed by atoms with Crippen LogP contribution in [0.5, 0.6) is 0 Å². The van der Waals surface area contributed by atoms with Crippen molar-refractivity contribution in [1.82, 2.24) is 0 Å². The zero-order chi connectivity index (χ0) is 14.7. The minimum Gasteiger partial charge on any atom is -0.392 e. The van der Waals surface area contributed by atoms with Crippen LogP contribution in [0.4, 0.5) is 0 Å². The Labute approximate surface area is 133 Å². The monoisotopic (exact) mass is 315 g/mol. The number of hydrogen-bond donors (Lipinski definition) is 1. The topological polar surface area (TPSA) is 32.6 Å². The second-order valence-electron chi connectivity index (χ2n) is 4.73. The lowest BCUT2D eigenvalue weighted by Gasteiger charge is -2.15. The first-order valence-corrected chi connectivity index (χ1v) is 7.88. The summed E-state index contributed by atoms with van der Waals surface area (Å²) in [5.74, 6) is 0. The quantitative estimate of drug-likeness (QED) is 0.910. The number of aliphatic imine (C=N–C) groups is 1. The van der Waals surface area contributed by atoms with Gasteiger partial charge in [-0.05, 0) is 41.5 Å². The van der Waals surface area contributed by atoms with E-state index in [0.29, 0.717) is 0 Å². The van der Waals surface area contributed by atoms with Crippen LogP contribution in [0.2, 0.25) is 5.02 Å². The van der Waals surface area contributed by atoms with Crippen molar-refractivity contribution in [3.8, 4) is 0 Å². The smallest absolute Gasteiger partial charge is 0.118 e. The van der Waals surface area contributed by atoms with E-state index in [1.165, 1.54) is 4.90 Å². The second kappa shape index (κ2) is 6.48. The minimum atomic E-state index is 0.0617. The van der Waals surface area contributed by atoms with Crippen LogP contribution in [0.25, 0.3) is 6.08 Å². The Balaban J connectivity index is 1.75. The first-order valence-electron chi connectivity index (χ1n) is 6.62. The number of aliphatic hydroxyl groups excluding tert-OH is 1. The second-order valence-corrected chi connectivity index (χ2v) is 6.33. The Morgan fingerprint density at radius 2 is 2.14 bits per heavy atom. The molecule has 1 atom stereocenters. The third-order valence-corrected chi connectivity index (χ3v) is 4.55. The maximum absolute atomic E-state index is 9.15. The van der Waals surface area contributed by atoms with Gasteiger partial charge in [0.15, 0.2) is 0 Å². The van der Waals surface area contributed by atoms with Gasteiger partial charge in [0, 0.05) is 21.7 Å². The Hall–Kier alpha value is -1.55. The number of halogens is 1. The van der Waals surface area contributed by atoms with Crippen molar-refractivity contribution < 1.29 is 5.11 Å². The van der Waals surface area contributed by atoms with Crippen LogP contribution in [-0.4, -0.2) is 16.7 Å². The highest BCUT2D eigenvalue weighted by atomic mass is 35.5. The van der Waals surface area contributed by atoms with Gasteiger partial charge in [-0.1, -0.05) is 47.6 Å². The molecule has 4 heteroatoms. The molecular formula is C17H14ClNOS. The van der Waals surface area contributed by atoms with E-state index in [4.69, 9.17) is 16.7 Å². The maximum atomic E-state index is 9.15. The third kappa shape index (κ3) is 3.56. The van der Waals surface area contributed by atoms with Crippen molar-refractivity contribution in [2.45, 2.75) is 16.9 Å². The van der Waals surface area contributed by atoms with E-state index < -0.39 is 0 Å². The van der Waals surface area contributed by atoms with Gasteiger partial charge in [0.05, 0.1) is 6.61 Å². The molecule has 1 N–H and O–H groups in total. The van der Waals surface area contributed by atoms with E-state index in [-0.39, 0.29) is 12.0 Å². The van der Waals surface area contributed by atoms with E-state index in [1.54, 1.807) is 11.8 Å². The SMILES string of the molecule is OCc1cccc(C=CC2N=Cc3cc(Cl)ccc3S2)c1. The van der Waals surface area contributed by atoms with Gasteiger partial charge >= 0.3 is 0 Å². The summed E-state index contributed by atoms with van der Waals surface area (Å²) in [5.41, 5.74) is 3.05. The summed E-state index contributed by atoms with van der Waals surface area (Å²) in [5, 5.41) is 9.95. The fourth-order valence-electron chi connectivity index (χ4n) is 2.12. The van der Waals surface area contributed by atoms with Gasteiger partial charge in [0.1, 0.15) is 5.37 Å². The number of aliphatic hydroxyl groups is 1. The van der Waals surface area contributed by atoms with Crippen LogP contribution in [0.1, 0.15) is 16.7 Å². The fraction of sp³-hybridized carbons (Fsp3) is 0.118. The van der Waals surface area contributed by atoms with Gasteiger partial charge in [-0.2, -0.15) is 0 Å². The Morgan fingerprint density at radius 3 is 3.00 bits per heavy atom. The highest BCUT2D eigenvalue weighted by Crippen LogP contribution is 2.33. The predicted molar refractivity (Wildman–Crippen MR) is 90.1 cm³/mol. The molecule has 0 amide bonds. The predicted octanol–water partition coefficient (Wildman–Crippen LogP) is 4.40. The van der Waals surface area contributed by atoms with Crippen LogP contribution < -0.4 is 0 Å². The van der Waals surface area contributed by atoms with Crippen molar-refractivity contribution >= 4 is 35.7 Å². The van der Waals surface area contributed by atoms with Crippen LogP contribution >= 0.6 is 23.4 Å². The largest absolute Gasteiger partial charge is 0.392 e. The number of fused-ring (bicyclic) bond motifs is 1. The Bertz CT molecular complexity index is 712.